The van der Waals surface area contributed by atoms with Gasteiger partial charge in [-0.15, -0.1) is 11.3 Å². The van der Waals surface area contributed by atoms with Gasteiger partial charge in [-0.2, -0.15) is 0 Å². The van der Waals surface area contributed by atoms with Crippen LogP contribution in [0.5, 0.6) is 0 Å². The maximum absolute atomic E-state index is 12.8. The molecule has 4 nitrogen and oxygen atoms in total. The number of nitrogens with zero attached hydrogens (tertiary/aromatic N) is 2. The molecular weight excluding hydrogens is 561 g/mol. The number of ketones is 2. The Labute approximate surface area is 263 Å². The van der Waals surface area contributed by atoms with Crippen LogP contribution in [0.3, 0.4) is 0 Å². The molecule has 0 atom stereocenters. The van der Waals surface area contributed by atoms with Gasteiger partial charge in [0.1, 0.15) is 5.69 Å². The standard InChI is InChI=1S/C39H36N2O2S/c1-38(2,3)26-11-17-29(18-12-26)41(30-19-13-27(14-20-30)39(4,5)6)28-15-9-25(10-16-28)34-22-21-31(44-34)24-33-36(42)32-8-7-23-40-35(32)37(33)43/h7-24H,1-6H3/b33-24-. The summed E-state index contributed by atoms with van der Waals surface area (Å²) in [5.41, 5.74) is 7.87. The lowest BCUT2D eigenvalue weighted by atomic mass is 9.86. The van der Waals surface area contributed by atoms with E-state index in [1.807, 2.05) is 12.1 Å². The first-order valence-electron chi connectivity index (χ1n) is 14.9. The molecule has 0 bridgehead atoms. The summed E-state index contributed by atoms with van der Waals surface area (Å²) < 4.78 is 0. The van der Waals surface area contributed by atoms with Crippen molar-refractivity contribution in [3.63, 3.8) is 0 Å². The molecule has 5 aromatic rings. The number of carbonyl (C=O) groups excluding carboxylic acids is 2. The van der Waals surface area contributed by atoms with E-state index in [4.69, 9.17) is 0 Å². The average Bonchev–Trinajstić information content (AvgIpc) is 3.56. The van der Waals surface area contributed by atoms with Crippen molar-refractivity contribution >= 4 is 46.0 Å². The van der Waals surface area contributed by atoms with Crippen LogP contribution in [0.4, 0.5) is 17.1 Å². The lowest BCUT2D eigenvalue weighted by molar-refractivity contribution is 0.0989. The summed E-state index contributed by atoms with van der Waals surface area (Å²) in [6, 6.07) is 33.6. The monoisotopic (exact) mass is 596 g/mol. The van der Waals surface area contributed by atoms with E-state index in [9.17, 15) is 9.59 Å². The molecule has 1 aliphatic carbocycles. The molecule has 5 heteroatoms. The fourth-order valence-electron chi connectivity index (χ4n) is 5.45. The van der Waals surface area contributed by atoms with Crippen molar-refractivity contribution in [2.75, 3.05) is 4.90 Å². The first kappa shape index (κ1) is 29.5. The van der Waals surface area contributed by atoms with E-state index in [1.165, 1.54) is 11.1 Å². The summed E-state index contributed by atoms with van der Waals surface area (Å²) in [5.74, 6) is -0.570. The zero-order chi connectivity index (χ0) is 31.2. The molecule has 0 fully saturated rings. The number of thiophene rings is 1. The number of fused-ring (bicyclic) bond motifs is 1. The Bertz CT molecular complexity index is 1790. The average molecular weight is 597 g/mol. The van der Waals surface area contributed by atoms with E-state index < -0.39 is 0 Å². The van der Waals surface area contributed by atoms with E-state index in [2.05, 4.69) is 124 Å². The van der Waals surface area contributed by atoms with E-state index in [-0.39, 0.29) is 33.7 Å². The van der Waals surface area contributed by atoms with E-state index in [1.54, 1.807) is 35.7 Å². The second kappa shape index (κ2) is 11.1. The fourth-order valence-corrected chi connectivity index (χ4v) is 6.40. The van der Waals surface area contributed by atoms with Gasteiger partial charge in [0.25, 0.3) is 0 Å². The number of hydrogen-bond donors (Lipinski definition) is 0. The van der Waals surface area contributed by atoms with Gasteiger partial charge >= 0.3 is 0 Å². The molecule has 0 radical (unpaired) electrons. The largest absolute Gasteiger partial charge is 0.311 e. The van der Waals surface area contributed by atoms with Gasteiger partial charge in [0.2, 0.25) is 5.78 Å². The van der Waals surface area contributed by atoms with Crippen molar-refractivity contribution < 1.29 is 9.59 Å². The molecule has 1 aliphatic rings. The van der Waals surface area contributed by atoms with Crippen LogP contribution in [0, 0.1) is 0 Å². The number of anilines is 3. The molecule has 0 aliphatic heterocycles. The Morgan fingerprint density at radius 3 is 1.66 bits per heavy atom. The lowest BCUT2D eigenvalue weighted by Gasteiger charge is -2.28. The van der Waals surface area contributed by atoms with E-state index >= 15 is 0 Å². The van der Waals surface area contributed by atoms with Crippen molar-refractivity contribution in [3.8, 4) is 10.4 Å². The summed E-state index contributed by atoms with van der Waals surface area (Å²) in [5, 5.41) is 0. The highest BCUT2D eigenvalue weighted by atomic mass is 32.1. The van der Waals surface area contributed by atoms with Crippen LogP contribution in [0.25, 0.3) is 16.5 Å². The van der Waals surface area contributed by atoms with Gasteiger partial charge in [-0.25, -0.2) is 0 Å². The Balaban J connectivity index is 1.31. The number of pyridine rings is 1. The summed E-state index contributed by atoms with van der Waals surface area (Å²) >= 11 is 1.56. The van der Waals surface area contributed by atoms with Crippen molar-refractivity contribution in [2.45, 2.75) is 52.4 Å². The molecule has 0 unspecified atom stereocenters. The van der Waals surface area contributed by atoms with Crippen LogP contribution in [0.1, 0.15) is 78.4 Å². The SMILES string of the molecule is CC(C)(C)c1ccc(N(c2ccc(-c3ccc(/C=C4/C(=O)c5cccnc5C4=O)s3)cc2)c2ccc(C(C)(C)C)cc2)cc1. The highest BCUT2D eigenvalue weighted by Crippen LogP contribution is 2.39. The summed E-state index contributed by atoms with van der Waals surface area (Å²) in [7, 11) is 0. The van der Waals surface area contributed by atoms with Gasteiger partial charge in [0.15, 0.2) is 5.78 Å². The zero-order valence-electron chi connectivity index (χ0n) is 26.0. The summed E-state index contributed by atoms with van der Waals surface area (Å²) in [6.45, 7) is 13.4. The van der Waals surface area contributed by atoms with Crippen molar-refractivity contribution in [3.05, 3.63) is 136 Å². The topological polar surface area (TPSA) is 50.3 Å². The van der Waals surface area contributed by atoms with Crippen LogP contribution in [0.15, 0.2) is 109 Å². The van der Waals surface area contributed by atoms with Gasteiger partial charge in [-0.05, 0) is 94.3 Å². The molecule has 0 saturated heterocycles. The normalized spacial score (nSPS) is 14.3. The van der Waals surface area contributed by atoms with Gasteiger partial charge < -0.3 is 4.90 Å². The highest BCUT2D eigenvalue weighted by Gasteiger charge is 2.34. The summed E-state index contributed by atoms with van der Waals surface area (Å²) in [4.78, 5) is 34.0. The third-order valence-electron chi connectivity index (χ3n) is 8.06. The molecule has 220 valence electrons. The first-order chi connectivity index (χ1) is 20.9. The highest BCUT2D eigenvalue weighted by molar-refractivity contribution is 7.16. The molecule has 3 aromatic carbocycles. The number of hydrogen-bond acceptors (Lipinski definition) is 5. The third kappa shape index (κ3) is 5.68. The third-order valence-corrected chi connectivity index (χ3v) is 9.14. The predicted octanol–water partition coefficient (Wildman–Crippen LogP) is 10.3. The fraction of sp³-hybridized carbons (Fsp3) is 0.205. The molecule has 0 spiro atoms. The van der Waals surface area contributed by atoms with Gasteiger partial charge in [-0.1, -0.05) is 77.9 Å². The number of rotatable bonds is 5. The van der Waals surface area contributed by atoms with Crippen molar-refractivity contribution in [1.29, 1.82) is 0 Å². The number of aromatic nitrogens is 1. The minimum absolute atomic E-state index is 0.0775. The van der Waals surface area contributed by atoms with Crippen molar-refractivity contribution in [1.82, 2.24) is 4.98 Å². The maximum atomic E-state index is 12.8. The number of Topliss-reactive ketones (excluding diaryl/α,β-unsaturated/α-hetero) is 2. The minimum atomic E-state index is -0.309. The second-order valence-corrected chi connectivity index (χ2v) is 14.4. The van der Waals surface area contributed by atoms with Gasteiger partial charge in [0.05, 0.1) is 11.1 Å². The predicted molar refractivity (Wildman–Crippen MR) is 183 cm³/mol. The zero-order valence-corrected chi connectivity index (χ0v) is 26.8. The van der Waals surface area contributed by atoms with Crippen LogP contribution in [-0.4, -0.2) is 16.6 Å². The molecule has 44 heavy (non-hydrogen) atoms. The van der Waals surface area contributed by atoms with Gasteiger partial charge in [0, 0.05) is 33.0 Å². The lowest BCUT2D eigenvalue weighted by Crippen LogP contribution is -2.14. The van der Waals surface area contributed by atoms with E-state index in [0.29, 0.717) is 5.56 Å². The minimum Gasteiger partial charge on any atom is -0.311 e. The van der Waals surface area contributed by atoms with Crippen LogP contribution >= 0.6 is 11.3 Å². The smallest absolute Gasteiger partial charge is 0.216 e. The number of carbonyl (C=O) groups is 2. The first-order valence-corrected chi connectivity index (χ1v) is 15.7. The van der Waals surface area contributed by atoms with Crippen molar-refractivity contribution in [2.24, 2.45) is 0 Å². The Kier molecular flexibility index (Phi) is 7.46. The van der Waals surface area contributed by atoms with Crippen LogP contribution in [0.2, 0.25) is 0 Å². The Morgan fingerprint density at radius 2 is 1.16 bits per heavy atom. The summed E-state index contributed by atoms with van der Waals surface area (Å²) in [6.07, 6.45) is 3.24. The molecule has 0 N–H and O–H groups in total. The molecule has 6 rings (SSSR count). The van der Waals surface area contributed by atoms with Gasteiger partial charge in [-0.3, -0.25) is 14.6 Å². The number of benzene rings is 3. The molecular formula is C39H36N2O2S. The Morgan fingerprint density at radius 1 is 0.636 bits per heavy atom. The molecule has 2 heterocycles. The second-order valence-electron chi connectivity index (χ2n) is 13.3. The van der Waals surface area contributed by atoms with Crippen LogP contribution < -0.4 is 4.90 Å². The Hall–Kier alpha value is -4.61. The molecule has 0 amide bonds. The quantitative estimate of drug-likeness (QED) is 0.150. The van der Waals surface area contributed by atoms with E-state index in [0.717, 1.165) is 32.4 Å². The maximum Gasteiger partial charge on any atom is 0.216 e. The number of allylic oxidation sites excluding steroid dienone is 1. The van der Waals surface area contributed by atoms with Crippen LogP contribution in [-0.2, 0) is 10.8 Å². The molecule has 0 saturated carbocycles. The molecule has 2 aromatic heterocycles.